The summed E-state index contributed by atoms with van der Waals surface area (Å²) in [4.78, 5) is 4.33. The van der Waals surface area contributed by atoms with Gasteiger partial charge in [-0.15, -0.1) is 0 Å². The fourth-order valence-corrected chi connectivity index (χ4v) is 4.76. The van der Waals surface area contributed by atoms with Gasteiger partial charge in [-0.1, -0.05) is 0 Å². The van der Waals surface area contributed by atoms with Gasteiger partial charge in [-0.3, -0.25) is 8.96 Å². The zero-order chi connectivity index (χ0) is 11.0. The lowest BCUT2D eigenvalue weighted by Gasteiger charge is -2.02. The van der Waals surface area contributed by atoms with Crippen LogP contribution in [0.4, 0.5) is 0 Å². The Morgan fingerprint density at radius 2 is 2.33 bits per heavy atom. The Balaban J connectivity index is 2.82. The molecule has 0 radical (unpaired) electrons. The van der Waals surface area contributed by atoms with Crippen LogP contribution in [0.2, 0.25) is 0 Å². The zero-order valence-electron chi connectivity index (χ0n) is 7.50. The Bertz CT molecular complexity index is 517. The second-order valence-electron chi connectivity index (χ2n) is 2.88. The van der Waals surface area contributed by atoms with Gasteiger partial charge >= 0.3 is 0 Å². The van der Waals surface area contributed by atoms with Crippen LogP contribution in [0, 0.1) is 6.92 Å². The second kappa shape index (κ2) is 5.03. The predicted molar refractivity (Wildman–Crippen MR) is 80.9 cm³/mol. The molecule has 0 saturated heterocycles. The second-order valence-corrected chi connectivity index (χ2v) is 6.39. The SMILES string of the molecule is Cc1ncc2c(cc(SCl)n2SI)c1Br. The zero-order valence-corrected chi connectivity index (χ0v) is 13.6. The largest absolute Gasteiger partial charge is 0.266 e. The molecule has 0 saturated carbocycles. The maximum Gasteiger partial charge on any atom is 0.103 e. The highest BCUT2D eigenvalue weighted by atomic mass is 127. The summed E-state index contributed by atoms with van der Waals surface area (Å²) in [7, 11) is 8.63. The van der Waals surface area contributed by atoms with E-state index in [2.05, 4.69) is 52.2 Å². The number of nitrogens with zero attached hydrogens (tertiary/aromatic N) is 2. The van der Waals surface area contributed by atoms with Crippen molar-refractivity contribution >= 4 is 78.8 Å². The summed E-state index contributed by atoms with van der Waals surface area (Å²) in [6, 6.07) is 2.07. The molecule has 0 aliphatic heterocycles. The van der Waals surface area contributed by atoms with Crippen molar-refractivity contribution in [1.29, 1.82) is 0 Å². The molecule has 2 heterocycles. The van der Waals surface area contributed by atoms with E-state index in [0.29, 0.717) is 0 Å². The molecule has 7 heteroatoms. The molecule has 0 aliphatic rings. The Labute approximate surface area is 121 Å². The van der Waals surface area contributed by atoms with Gasteiger partial charge in [0.1, 0.15) is 5.03 Å². The third kappa shape index (κ3) is 2.15. The highest BCUT2D eigenvalue weighted by Crippen LogP contribution is 2.38. The fourth-order valence-electron chi connectivity index (χ4n) is 1.32. The summed E-state index contributed by atoms with van der Waals surface area (Å²) >= 11 is 5.78. The summed E-state index contributed by atoms with van der Waals surface area (Å²) in [6.07, 6.45) is 1.87. The monoisotopic (exact) mass is 434 g/mol. The molecule has 0 fully saturated rings. The Kier molecular flexibility index (Phi) is 4.14. The summed E-state index contributed by atoms with van der Waals surface area (Å²) in [5.41, 5.74) is 2.07. The normalized spacial score (nSPS) is 11.2. The van der Waals surface area contributed by atoms with Crippen molar-refractivity contribution in [2.45, 2.75) is 11.9 Å². The Morgan fingerprint density at radius 1 is 1.60 bits per heavy atom. The smallest absolute Gasteiger partial charge is 0.103 e. The van der Waals surface area contributed by atoms with Crippen LogP contribution in [0.15, 0.2) is 21.8 Å². The maximum atomic E-state index is 5.82. The number of hydrogen-bond donors (Lipinski definition) is 0. The van der Waals surface area contributed by atoms with Gasteiger partial charge < -0.3 is 0 Å². The van der Waals surface area contributed by atoms with Crippen LogP contribution in [-0.4, -0.2) is 8.96 Å². The van der Waals surface area contributed by atoms with Crippen molar-refractivity contribution in [1.82, 2.24) is 8.96 Å². The molecule has 2 aromatic rings. The molecule has 80 valence electrons. The van der Waals surface area contributed by atoms with E-state index in [1.54, 1.807) is 9.12 Å². The van der Waals surface area contributed by atoms with Crippen molar-refractivity contribution in [3.8, 4) is 0 Å². The van der Waals surface area contributed by atoms with E-state index in [4.69, 9.17) is 10.7 Å². The maximum absolute atomic E-state index is 5.82. The van der Waals surface area contributed by atoms with Crippen molar-refractivity contribution < 1.29 is 0 Å². The molecule has 2 aromatic heterocycles. The molecular weight excluding hydrogens is 430 g/mol. The average Bonchev–Trinajstić information content (AvgIpc) is 2.61. The van der Waals surface area contributed by atoms with E-state index in [9.17, 15) is 0 Å². The lowest BCUT2D eigenvalue weighted by Crippen LogP contribution is -1.87. The molecule has 2 nitrogen and oxygen atoms in total. The van der Waals surface area contributed by atoms with E-state index < -0.39 is 0 Å². The molecule has 2 rings (SSSR count). The first-order valence-corrected chi connectivity index (χ1v) is 9.68. The Morgan fingerprint density at radius 3 is 2.93 bits per heavy atom. The minimum atomic E-state index is 0.990. The number of fused-ring (bicyclic) bond motifs is 1. The summed E-state index contributed by atoms with van der Waals surface area (Å²) in [5, 5.41) is 2.16. The number of aromatic nitrogens is 2. The summed E-state index contributed by atoms with van der Waals surface area (Å²) < 4.78 is 3.10. The van der Waals surface area contributed by atoms with E-state index in [1.807, 2.05) is 13.1 Å². The van der Waals surface area contributed by atoms with Gasteiger partial charge in [0.15, 0.2) is 0 Å². The van der Waals surface area contributed by atoms with Gasteiger partial charge in [0, 0.05) is 51.2 Å². The van der Waals surface area contributed by atoms with E-state index in [1.165, 1.54) is 11.0 Å². The topological polar surface area (TPSA) is 17.8 Å². The van der Waals surface area contributed by atoms with Crippen LogP contribution >= 0.6 is 67.9 Å². The van der Waals surface area contributed by atoms with Crippen molar-refractivity contribution in [3.05, 3.63) is 22.4 Å². The van der Waals surface area contributed by atoms with E-state index >= 15 is 0 Å². The highest BCUT2D eigenvalue weighted by Gasteiger charge is 2.12. The summed E-state index contributed by atoms with van der Waals surface area (Å²) in [6.45, 7) is 1.98. The number of aryl methyl sites for hydroxylation is 1. The van der Waals surface area contributed by atoms with Gasteiger partial charge in [0.2, 0.25) is 0 Å². The number of rotatable bonds is 2. The van der Waals surface area contributed by atoms with Gasteiger partial charge in [0.25, 0.3) is 0 Å². The molecule has 0 atom stereocenters. The van der Waals surface area contributed by atoms with Crippen molar-refractivity contribution in [2.75, 3.05) is 0 Å². The lowest BCUT2D eigenvalue weighted by atomic mass is 10.3. The standard InChI is InChI=1S/C8H5BrClIN2S2/c1-4-8(9)5-2-7(14-10)13(15-11)6(5)3-12-4/h2-3H,1H3. The van der Waals surface area contributed by atoms with Crippen LogP contribution in [0.5, 0.6) is 0 Å². The first kappa shape index (κ1) is 12.3. The van der Waals surface area contributed by atoms with Crippen LogP contribution < -0.4 is 0 Å². The Hall–Kier alpha value is 0.890. The van der Waals surface area contributed by atoms with Crippen LogP contribution in [-0.2, 0) is 0 Å². The van der Waals surface area contributed by atoms with Crippen molar-refractivity contribution in [2.24, 2.45) is 0 Å². The van der Waals surface area contributed by atoms with Crippen LogP contribution in [0.25, 0.3) is 10.9 Å². The average molecular weight is 436 g/mol. The van der Waals surface area contributed by atoms with E-state index in [-0.39, 0.29) is 0 Å². The third-order valence-corrected chi connectivity index (χ3v) is 5.81. The van der Waals surface area contributed by atoms with Gasteiger partial charge in [-0.05, 0) is 39.6 Å². The minimum absolute atomic E-state index is 0.990. The number of hydrogen-bond acceptors (Lipinski definition) is 3. The minimum Gasteiger partial charge on any atom is -0.266 e. The predicted octanol–water partition coefficient (Wildman–Crippen LogP) is 5.20. The fraction of sp³-hybridized carbons (Fsp3) is 0.125. The first-order chi connectivity index (χ1) is 7.19. The molecule has 15 heavy (non-hydrogen) atoms. The molecular formula is C8H5BrClIN2S2. The summed E-state index contributed by atoms with van der Waals surface area (Å²) in [5.74, 6) is 0. The molecule has 0 unspecified atom stereocenters. The van der Waals surface area contributed by atoms with Gasteiger partial charge in [0.05, 0.1) is 17.4 Å². The van der Waals surface area contributed by atoms with Crippen molar-refractivity contribution in [3.63, 3.8) is 0 Å². The molecule has 0 N–H and O–H groups in total. The highest BCUT2D eigenvalue weighted by molar-refractivity contribution is 14.2. The van der Waals surface area contributed by atoms with Crippen LogP contribution in [0.1, 0.15) is 5.69 Å². The number of halogens is 3. The number of pyridine rings is 1. The lowest BCUT2D eigenvalue weighted by molar-refractivity contribution is 1.14. The molecule has 0 aromatic carbocycles. The molecule has 0 aliphatic carbocycles. The molecule has 0 bridgehead atoms. The first-order valence-electron chi connectivity index (χ1n) is 3.93. The third-order valence-electron chi connectivity index (χ3n) is 2.05. The molecule has 0 spiro atoms. The van der Waals surface area contributed by atoms with E-state index in [0.717, 1.165) is 26.1 Å². The quantitative estimate of drug-likeness (QED) is 0.604. The van der Waals surface area contributed by atoms with Gasteiger partial charge in [-0.2, -0.15) is 0 Å². The molecule has 0 amide bonds. The van der Waals surface area contributed by atoms with Gasteiger partial charge in [-0.25, -0.2) is 0 Å². The van der Waals surface area contributed by atoms with Crippen LogP contribution in [0.3, 0.4) is 0 Å².